The molecule has 2 aliphatic rings. The molecule has 1 atom stereocenters. The molecule has 2 saturated heterocycles. The molecule has 0 aromatic carbocycles. The zero-order valence-corrected chi connectivity index (χ0v) is 10.4. The van der Waals surface area contributed by atoms with Crippen LogP contribution in [0.4, 0.5) is 0 Å². The van der Waals surface area contributed by atoms with Crippen LogP contribution in [-0.2, 0) is 4.79 Å². The summed E-state index contributed by atoms with van der Waals surface area (Å²) in [6.45, 7) is 4.31. The summed E-state index contributed by atoms with van der Waals surface area (Å²) in [6, 6.07) is 0.363. The molecule has 6 nitrogen and oxygen atoms in total. The van der Waals surface area contributed by atoms with Gasteiger partial charge in [-0.3, -0.25) is 4.79 Å². The normalized spacial score (nSPS) is 24.6. The molecule has 2 aliphatic heterocycles. The molecule has 7 heteroatoms. The number of hydrogen-bond donors (Lipinski definition) is 1. The standard InChI is InChI=1S/C10H14N4O2.ClH/c1-6-12-10(16-13-6)7-2-9(15)14(5-7)8-3-11-4-8;/h7-8,11H,2-5H2,1H3;1H. The monoisotopic (exact) mass is 258 g/mol. The number of likely N-dealkylation sites (tertiary alicyclic amines) is 1. The summed E-state index contributed by atoms with van der Waals surface area (Å²) < 4.78 is 5.12. The first-order valence-corrected chi connectivity index (χ1v) is 5.54. The lowest BCUT2D eigenvalue weighted by molar-refractivity contribution is -0.130. The second-order valence-electron chi connectivity index (χ2n) is 4.44. The third-order valence-corrected chi connectivity index (χ3v) is 3.25. The molecule has 0 radical (unpaired) electrons. The Kier molecular flexibility index (Phi) is 3.35. The Bertz CT molecular complexity index is 418. The average Bonchev–Trinajstić information content (AvgIpc) is 2.72. The second-order valence-corrected chi connectivity index (χ2v) is 4.44. The highest BCUT2D eigenvalue weighted by atomic mass is 35.5. The Morgan fingerprint density at radius 1 is 1.47 bits per heavy atom. The summed E-state index contributed by atoms with van der Waals surface area (Å²) in [5.74, 6) is 1.51. The van der Waals surface area contributed by atoms with Gasteiger partial charge in [0.2, 0.25) is 11.8 Å². The molecule has 3 rings (SSSR count). The van der Waals surface area contributed by atoms with Crippen LogP contribution < -0.4 is 5.32 Å². The quantitative estimate of drug-likeness (QED) is 0.814. The van der Waals surface area contributed by atoms with E-state index in [2.05, 4.69) is 15.5 Å². The van der Waals surface area contributed by atoms with Crippen molar-refractivity contribution in [1.29, 1.82) is 0 Å². The minimum atomic E-state index is 0. The highest BCUT2D eigenvalue weighted by Gasteiger charge is 2.39. The van der Waals surface area contributed by atoms with Crippen LogP contribution in [0.3, 0.4) is 0 Å². The number of rotatable bonds is 2. The van der Waals surface area contributed by atoms with E-state index in [-0.39, 0.29) is 24.2 Å². The molecular formula is C10H15ClN4O2. The predicted molar refractivity (Wildman–Crippen MR) is 62.0 cm³/mol. The summed E-state index contributed by atoms with van der Waals surface area (Å²) >= 11 is 0. The lowest BCUT2D eigenvalue weighted by Crippen LogP contribution is -2.57. The van der Waals surface area contributed by atoms with Crippen LogP contribution in [-0.4, -0.2) is 46.6 Å². The van der Waals surface area contributed by atoms with E-state index in [0.717, 1.165) is 13.1 Å². The van der Waals surface area contributed by atoms with Crippen LogP contribution in [0.15, 0.2) is 4.52 Å². The number of carbonyl (C=O) groups is 1. The molecule has 3 heterocycles. The van der Waals surface area contributed by atoms with Gasteiger partial charge in [-0.25, -0.2) is 0 Å². The maximum atomic E-state index is 11.8. The molecule has 1 amide bonds. The largest absolute Gasteiger partial charge is 0.339 e. The number of aryl methyl sites for hydroxylation is 1. The van der Waals surface area contributed by atoms with Crippen molar-refractivity contribution in [3.63, 3.8) is 0 Å². The van der Waals surface area contributed by atoms with E-state index in [1.54, 1.807) is 6.92 Å². The van der Waals surface area contributed by atoms with Crippen molar-refractivity contribution in [3.8, 4) is 0 Å². The van der Waals surface area contributed by atoms with E-state index in [4.69, 9.17) is 4.52 Å². The van der Waals surface area contributed by atoms with Gasteiger partial charge in [-0.05, 0) is 6.92 Å². The van der Waals surface area contributed by atoms with Crippen molar-refractivity contribution in [1.82, 2.24) is 20.4 Å². The van der Waals surface area contributed by atoms with Crippen LogP contribution in [0.2, 0.25) is 0 Å². The second kappa shape index (κ2) is 4.62. The smallest absolute Gasteiger partial charge is 0.232 e. The van der Waals surface area contributed by atoms with E-state index in [1.807, 2.05) is 4.90 Å². The first-order valence-electron chi connectivity index (χ1n) is 5.54. The van der Waals surface area contributed by atoms with Gasteiger partial charge in [-0.15, -0.1) is 12.4 Å². The number of nitrogens with zero attached hydrogens (tertiary/aromatic N) is 3. The van der Waals surface area contributed by atoms with Crippen LogP contribution in [0.5, 0.6) is 0 Å². The number of carbonyl (C=O) groups excluding carboxylic acids is 1. The van der Waals surface area contributed by atoms with E-state index in [0.29, 0.717) is 30.7 Å². The van der Waals surface area contributed by atoms with E-state index in [9.17, 15) is 4.79 Å². The first-order chi connectivity index (χ1) is 7.74. The van der Waals surface area contributed by atoms with Crippen molar-refractivity contribution in [2.45, 2.75) is 25.3 Å². The molecule has 2 fully saturated rings. The highest BCUT2D eigenvalue weighted by Crippen LogP contribution is 2.28. The van der Waals surface area contributed by atoms with Crippen molar-refractivity contribution < 1.29 is 9.32 Å². The SMILES string of the molecule is Cc1noc(C2CC(=O)N(C3CNC3)C2)n1.Cl. The summed E-state index contributed by atoms with van der Waals surface area (Å²) in [5.41, 5.74) is 0. The van der Waals surface area contributed by atoms with Crippen LogP contribution in [0, 0.1) is 6.92 Å². The summed E-state index contributed by atoms with van der Waals surface area (Å²) in [5, 5.41) is 6.93. The van der Waals surface area contributed by atoms with E-state index in [1.165, 1.54) is 0 Å². The van der Waals surface area contributed by atoms with Crippen LogP contribution in [0.25, 0.3) is 0 Å². The number of amides is 1. The van der Waals surface area contributed by atoms with Gasteiger partial charge in [0.25, 0.3) is 0 Å². The zero-order chi connectivity index (χ0) is 11.1. The molecule has 17 heavy (non-hydrogen) atoms. The molecular weight excluding hydrogens is 244 g/mol. The minimum Gasteiger partial charge on any atom is -0.339 e. The van der Waals surface area contributed by atoms with Gasteiger partial charge in [-0.2, -0.15) is 4.98 Å². The maximum absolute atomic E-state index is 11.8. The van der Waals surface area contributed by atoms with Crippen molar-refractivity contribution in [2.24, 2.45) is 0 Å². The van der Waals surface area contributed by atoms with E-state index < -0.39 is 0 Å². The van der Waals surface area contributed by atoms with Gasteiger partial charge in [0.1, 0.15) is 0 Å². The molecule has 0 spiro atoms. The number of aromatic nitrogens is 2. The van der Waals surface area contributed by atoms with Crippen molar-refractivity contribution >= 4 is 18.3 Å². The van der Waals surface area contributed by atoms with Crippen LogP contribution in [0.1, 0.15) is 24.1 Å². The molecule has 0 bridgehead atoms. The zero-order valence-electron chi connectivity index (χ0n) is 9.55. The fourth-order valence-corrected chi connectivity index (χ4v) is 2.22. The summed E-state index contributed by atoms with van der Waals surface area (Å²) in [4.78, 5) is 17.9. The van der Waals surface area contributed by atoms with Gasteiger partial charge >= 0.3 is 0 Å². The van der Waals surface area contributed by atoms with Gasteiger partial charge < -0.3 is 14.7 Å². The van der Waals surface area contributed by atoms with E-state index >= 15 is 0 Å². The Labute approximate surface area is 105 Å². The van der Waals surface area contributed by atoms with Gasteiger partial charge in [0.05, 0.1) is 12.0 Å². The third-order valence-electron chi connectivity index (χ3n) is 3.25. The molecule has 0 aliphatic carbocycles. The van der Waals surface area contributed by atoms with Gasteiger partial charge in [-0.1, -0.05) is 5.16 Å². The Morgan fingerprint density at radius 2 is 2.24 bits per heavy atom. The summed E-state index contributed by atoms with van der Waals surface area (Å²) in [7, 11) is 0. The lowest BCUT2D eigenvalue weighted by atomic mass is 10.1. The Hall–Kier alpha value is -1.14. The molecule has 94 valence electrons. The van der Waals surface area contributed by atoms with Crippen molar-refractivity contribution in [2.75, 3.05) is 19.6 Å². The Morgan fingerprint density at radius 3 is 2.76 bits per heavy atom. The predicted octanol–water partition coefficient (Wildman–Crippen LogP) is 0.0875. The van der Waals surface area contributed by atoms with Gasteiger partial charge in [0.15, 0.2) is 5.82 Å². The molecule has 1 aromatic rings. The molecule has 0 saturated carbocycles. The highest BCUT2D eigenvalue weighted by molar-refractivity contribution is 5.85. The third kappa shape index (κ3) is 2.14. The number of hydrogen-bond acceptors (Lipinski definition) is 5. The fourth-order valence-electron chi connectivity index (χ4n) is 2.22. The van der Waals surface area contributed by atoms with Gasteiger partial charge in [0, 0.05) is 26.1 Å². The maximum Gasteiger partial charge on any atom is 0.232 e. The Balaban J connectivity index is 0.00000108. The number of halogens is 1. The topological polar surface area (TPSA) is 71.3 Å². The minimum absolute atomic E-state index is 0. The first kappa shape index (κ1) is 12.3. The average molecular weight is 259 g/mol. The summed E-state index contributed by atoms with van der Waals surface area (Å²) in [6.07, 6.45) is 0.498. The fraction of sp³-hybridized carbons (Fsp3) is 0.700. The molecule has 1 unspecified atom stereocenters. The van der Waals surface area contributed by atoms with Crippen LogP contribution >= 0.6 is 12.4 Å². The van der Waals surface area contributed by atoms with Crippen molar-refractivity contribution in [3.05, 3.63) is 11.7 Å². The molecule has 1 N–H and O–H groups in total. The molecule has 1 aromatic heterocycles. The number of nitrogens with one attached hydrogen (secondary N) is 1. The lowest BCUT2D eigenvalue weighted by Gasteiger charge is -2.35.